The Labute approximate surface area is 91.6 Å². The van der Waals surface area contributed by atoms with Crippen LogP contribution in [0.5, 0.6) is 0 Å². The average molecular weight is 218 g/mol. The molecule has 3 heteroatoms. The third-order valence-electron chi connectivity index (χ3n) is 2.71. The molecule has 0 aromatic carbocycles. The standard InChI is InChI=1S/C11H20ClNO/c1-2-3-4-7-11(14)13-8-5-6-10(12)9-13/h10H,2-9H2,1H3. The molecule has 0 radical (unpaired) electrons. The number of carbonyl (C=O) groups excluding carboxylic acids is 1. The fourth-order valence-corrected chi connectivity index (χ4v) is 2.16. The first-order valence-corrected chi connectivity index (χ1v) is 6.09. The molecule has 1 amide bonds. The predicted molar refractivity (Wildman–Crippen MR) is 59.6 cm³/mol. The number of halogens is 1. The van der Waals surface area contributed by atoms with Gasteiger partial charge in [0.2, 0.25) is 5.91 Å². The number of unbranched alkanes of at least 4 members (excludes halogenated alkanes) is 2. The molecule has 1 atom stereocenters. The third-order valence-corrected chi connectivity index (χ3v) is 3.07. The minimum absolute atomic E-state index is 0.180. The lowest BCUT2D eigenvalue weighted by atomic mass is 10.1. The summed E-state index contributed by atoms with van der Waals surface area (Å²) in [4.78, 5) is 13.6. The summed E-state index contributed by atoms with van der Waals surface area (Å²) in [6, 6.07) is 0. The van der Waals surface area contributed by atoms with Crippen LogP contribution in [0.25, 0.3) is 0 Å². The Morgan fingerprint density at radius 2 is 2.29 bits per heavy atom. The summed E-state index contributed by atoms with van der Waals surface area (Å²) in [6.45, 7) is 3.82. The molecule has 1 aliphatic rings. The summed E-state index contributed by atoms with van der Waals surface area (Å²) in [7, 11) is 0. The highest BCUT2D eigenvalue weighted by Gasteiger charge is 2.21. The number of rotatable bonds is 4. The van der Waals surface area contributed by atoms with Crippen LogP contribution in [-0.4, -0.2) is 29.3 Å². The van der Waals surface area contributed by atoms with E-state index in [1.54, 1.807) is 0 Å². The van der Waals surface area contributed by atoms with Crippen LogP contribution < -0.4 is 0 Å². The fourth-order valence-electron chi connectivity index (χ4n) is 1.84. The van der Waals surface area contributed by atoms with E-state index >= 15 is 0 Å². The molecule has 1 heterocycles. The summed E-state index contributed by atoms with van der Waals surface area (Å²) >= 11 is 6.02. The van der Waals surface area contributed by atoms with Crippen LogP contribution in [0.1, 0.15) is 45.4 Å². The Morgan fingerprint density at radius 3 is 2.93 bits per heavy atom. The lowest BCUT2D eigenvalue weighted by molar-refractivity contribution is -0.132. The van der Waals surface area contributed by atoms with Gasteiger partial charge in [-0.3, -0.25) is 4.79 Å². The molecule has 1 aliphatic heterocycles. The lowest BCUT2D eigenvalue weighted by Gasteiger charge is -2.29. The van der Waals surface area contributed by atoms with Gasteiger partial charge >= 0.3 is 0 Å². The number of nitrogens with zero attached hydrogens (tertiary/aromatic N) is 1. The van der Waals surface area contributed by atoms with E-state index in [0.717, 1.165) is 38.8 Å². The van der Waals surface area contributed by atoms with Gasteiger partial charge in [0, 0.05) is 19.5 Å². The van der Waals surface area contributed by atoms with E-state index in [2.05, 4.69) is 6.92 Å². The van der Waals surface area contributed by atoms with Crippen LogP contribution in [0, 0.1) is 0 Å². The van der Waals surface area contributed by atoms with Crippen molar-refractivity contribution in [3.63, 3.8) is 0 Å². The quantitative estimate of drug-likeness (QED) is 0.524. The molecule has 1 fully saturated rings. The average Bonchev–Trinajstić information content (AvgIpc) is 2.18. The molecule has 0 aromatic rings. The topological polar surface area (TPSA) is 20.3 Å². The Morgan fingerprint density at radius 1 is 1.50 bits per heavy atom. The van der Waals surface area contributed by atoms with Gasteiger partial charge in [-0.2, -0.15) is 0 Å². The number of hydrogen-bond donors (Lipinski definition) is 0. The van der Waals surface area contributed by atoms with Gasteiger partial charge in [-0.25, -0.2) is 0 Å². The molecule has 1 rings (SSSR count). The number of carbonyl (C=O) groups is 1. The van der Waals surface area contributed by atoms with Crippen molar-refractivity contribution in [1.29, 1.82) is 0 Å². The van der Waals surface area contributed by atoms with Gasteiger partial charge in [0.15, 0.2) is 0 Å². The van der Waals surface area contributed by atoms with Gasteiger partial charge in [0.25, 0.3) is 0 Å². The van der Waals surface area contributed by atoms with Crippen LogP contribution in [0.2, 0.25) is 0 Å². The Balaban J connectivity index is 2.22. The van der Waals surface area contributed by atoms with Crippen molar-refractivity contribution in [3.8, 4) is 0 Å². The normalized spacial score (nSPS) is 22.4. The first-order valence-electron chi connectivity index (χ1n) is 5.66. The first kappa shape index (κ1) is 11.8. The van der Waals surface area contributed by atoms with Gasteiger partial charge in [-0.05, 0) is 19.3 Å². The second-order valence-corrected chi connectivity index (χ2v) is 4.65. The zero-order valence-electron chi connectivity index (χ0n) is 8.97. The number of alkyl halides is 1. The van der Waals surface area contributed by atoms with E-state index in [9.17, 15) is 4.79 Å². The molecular formula is C11H20ClNO. The SMILES string of the molecule is CCCCCC(=O)N1CCCC(Cl)C1. The van der Waals surface area contributed by atoms with Crippen LogP contribution in [0.4, 0.5) is 0 Å². The molecule has 0 aromatic heterocycles. The van der Waals surface area contributed by atoms with E-state index in [1.807, 2.05) is 4.90 Å². The molecule has 14 heavy (non-hydrogen) atoms. The molecular weight excluding hydrogens is 198 g/mol. The van der Waals surface area contributed by atoms with E-state index in [-0.39, 0.29) is 5.38 Å². The van der Waals surface area contributed by atoms with Crippen molar-refractivity contribution in [1.82, 2.24) is 4.90 Å². The van der Waals surface area contributed by atoms with Crippen LogP contribution in [0.3, 0.4) is 0 Å². The molecule has 82 valence electrons. The summed E-state index contributed by atoms with van der Waals surface area (Å²) in [6.07, 6.45) is 6.18. The molecule has 0 saturated carbocycles. The number of hydrogen-bond acceptors (Lipinski definition) is 1. The molecule has 0 N–H and O–H groups in total. The summed E-state index contributed by atoms with van der Waals surface area (Å²) in [5.41, 5.74) is 0. The van der Waals surface area contributed by atoms with Gasteiger partial charge in [0.1, 0.15) is 0 Å². The second-order valence-electron chi connectivity index (χ2n) is 4.04. The van der Waals surface area contributed by atoms with Crippen molar-refractivity contribution in [2.45, 2.75) is 50.8 Å². The van der Waals surface area contributed by atoms with E-state index in [1.165, 1.54) is 6.42 Å². The monoisotopic (exact) mass is 217 g/mol. The minimum atomic E-state index is 0.180. The fraction of sp³-hybridized carbons (Fsp3) is 0.909. The molecule has 0 aliphatic carbocycles. The van der Waals surface area contributed by atoms with Crippen LogP contribution in [-0.2, 0) is 4.79 Å². The Hall–Kier alpha value is -0.240. The maximum atomic E-state index is 11.7. The Kier molecular flexibility index (Phi) is 5.31. The van der Waals surface area contributed by atoms with Crippen LogP contribution >= 0.6 is 11.6 Å². The highest BCUT2D eigenvalue weighted by atomic mass is 35.5. The zero-order valence-corrected chi connectivity index (χ0v) is 9.72. The molecule has 0 spiro atoms. The largest absolute Gasteiger partial charge is 0.341 e. The summed E-state index contributed by atoms with van der Waals surface area (Å²) in [5.74, 6) is 0.295. The van der Waals surface area contributed by atoms with E-state index < -0.39 is 0 Å². The Bertz CT molecular complexity index is 184. The second kappa shape index (κ2) is 6.28. The predicted octanol–water partition coefficient (Wildman–Crippen LogP) is 2.80. The summed E-state index contributed by atoms with van der Waals surface area (Å²) < 4.78 is 0. The van der Waals surface area contributed by atoms with Crippen molar-refractivity contribution in [2.24, 2.45) is 0 Å². The van der Waals surface area contributed by atoms with Gasteiger partial charge in [-0.15, -0.1) is 11.6 Å². The van der Waals surface area contributed by atoms with Crippen molar-refractivity contribution in [2.75, 3.05) is 13.1 Å². The van der Waals surface area contributed by atoms with Crippen molar-refractivity contribution >= 4 is 17.5 Å². The lowest BCUT2D eigenvalue weighted by Crippen LogP contribution is -2.40. The van der Waals surface area contributed by atoms with Gasteiger partial charge < -0.3 is 4.90 Å². The highest BCUT2D eigenvalue weighted by molar-refractivity contribution is 6.20. The van der Waals surface area contributed by atoms with Gasteiger partial charge in [0.05, 0.1) is 5.38 Å². The first-order chi connectivity index (χ1) is 6.74. The maximum absolute atomic E-state index is 11.7. The highest BCUT2D eigenvalue weighted by Crippen LogP contribution is 2.16. The number of likely N-dealkylation sites (tertiary alicyclic amines) is 1. The van der Waals surface area contributed by atoms with E-state index in [4.69, 9.17) is 11.6 Å². The summed E-state index contributed by atoms with van der Waals surface area (Å²) in [5, 5.41) is 0.180. The molecule has 2 nitrogen and oxygen atoms in total. The zero-order chi connectivity index (χ0) is 10.4. The van der Waals surface area contributed by atoms with Crippen molar-refractivity contribution < 1.29 is 4.79 Å². The van der Waals surface area contributed by atoms with Crippen LogP contribution in [0.15, 0.2) is 0 Å². The molecule has 0 bridgehead atoms. The molecule has 1 saturated heterocycles. The van der Waals surface area contributed by atoms with Crippen molar-refractivity contribution in [3.05, 3.63) is 0 Å². The van der Waals surface area contributed by atoms with E-state index in [0.29, 0.717) is 12.3 Å². The third kappa shape index (κ3) is 3.87. The number of amides is 1. The van der Waals surface area contributed by atoms with Gasteiger partial charge in [-0.1, -0.05) is 19.8 Å². The maximum Gasteiger partial charge on any atom is 0.222 e. The molecule has 1 unspecified atom stereocenters. The smallest absolute Gasteiger partial charge is 0.222 e. The minimum Gasteiger partial charge on any atom is -0.341 e. The number of piperidine rings is 1.